The summed E-state index contributed by atoms with van der Waals surface area (Å²) < 4.78 is 5.96. The smallest absolute Gasteiger partial charge is 0.310 e. The summed E-state index contributed by atoms with van der Waals surface area (Å²) in [5.41, 5.74) is 2.56. The van der Waals surface area contributed by atoms with Crippen molar-refractivity contribution in [1.29, 1.82) is 0 Å². The number of benzene rings is 2. The number of nitrogens with zero attached hydrogens (tertiary/aromatic N) is 1. The number of amides is 1. The predicted molar refractivity (Wildman–Crippen MR) is 105 cm³/mol. The third kappa shape index (κ3) is 5.24. The third-order valence-electron chi connectivity index (χ3n) is 3.43. The Kier molecular flexibility index (Phi) is 6.14. The summed E-state index contributed by atoms with van der Waals surface area (Å²) in [5.74, 6) is -0.859. The topological polar surface area (TPSA) is 68.3 Å². The van der Waals surface area contributed by atoms with Crippen molar-refractivity contribution in [3.05, 3.63) is 70.0 Å². The molecule has 0 bridgehead atoms. The lowest BCUT2D eigenvalue weighted by atomic mass is 10.2. The number of anilines is 1. The Morgan fingerprint density at radius 1 is 1.12 bits per heavy atom. The van der Waals surface area contributed by atoms with Crippen molar-refractivity contribution >= 4 is 44.3 Å². The van der Waals surface area contributed by atoms with Crippen molar-refractivity contribution in [2.45, 2.75) is 6.42 Å². The highest BCUT2D eigenvalue weighted by Gasteiger charge is 2.11. The molecule has 1 N–H and O–H groups in total. The van der Waals surface area contributed by atoms with E-state index in [2.05, 4.69) is 26.2 Å². The van der Waals surface area contributed by atoms with Gasteiger partial charge in [-0.2, -0.15) is 0 Å². The normalized spacial score (nSPS) is 10.3. The molecular weight excluding hydrogens is 416 g/mol. The lowest BCUT2D eigenvalue weighted by Crippen LogP contribution is -2.21. The predicted octanol–water partition coefficient (Wildman–Crippen LogP) is 4.30. The summed E-state index contributed by atoms with van der Waals surface area (Å²) >= 11 is 4.74. The van der Waals surface area contributed by atoms with Gasteiger partial charge < -0.3 is 4.74 Å². The van der Waals surface area contributed by atoms with Gasteiger partial charge in [-0.15, -0.1) is 11.3 Å². The first-order valence-electron chi connectivity index (χ1n) is 7.81. The van der Waals surface area contributed by atoms with Crippen molar-refractivity contribution in [2.75, 3.05) is 11.9 Å². The molecular formula is C19H15BrN2O3S. The molecule has 0 aliphatic heterocycles. The first kappa shape index (κ1) is 18.3. The zero-order valence-corrected chi connectivity index (χ0v) is 16.0. The zero-order chi connectivity index (χ0) is 18.4. The van der Waals surface area contributed by atoms with Gasteiger partial charge in [-0.1, -0.05) is 58.4 Å². The summed E-state index contributed by atoms with van der Waals surface area (Å²) in [6.07, 6.45) is 0.137. The van der Waals surface area contributed by atoms with E-state index in [0.717, 1.165) is 21.3 Å². The molecule has 0 aliphatic rings. The Labute approximate surface area is 163 Å². The van der Waals surface area contributed by atoms with Crippen molar-refractivity contribution in [2.24, 2.45) is 0 Å². The van der Waals surface area contributed by atoms with E-state index in [1.807, 2.05) is 60.0 Å². The van der Waals surface area contributed by atoms with Crippen LogP contribution in [0.25, 0.3) is 11.3 Å². The summed E-state index contributed by atoms with van der Waals surface area (Å²) in [6, 6.07) is 17.0. The fourth-order valence-electron chi connectivity index (χ4n) is 2.23. The molecule has 1 amide bonds. The van der Waals surface area contributed by atoms with Crippen molar-refractivity contribution in [3.8, 4) is 11.3 Å². The van der Waals surface area contributed by atoms with E-state index in [4.69, 9.17) is 4.74 Å². The number of aromatic nitrogens is 1. The maximum absolute atomic E-state index is 11.9. The molecule has 3 aromatic rings. The number of ether oxygens (including phenoxy) is 1. The molecule has 0 aliphatic carbocycles. The number of carbonyl (C=O) groups excluding carboxylic acids is 2. The summed E-state index contributed by atoms with van der Waals surface area (Å²) in [7, 11) is 0. The molecule has 1 aromatic heterocycles. The second-order valence-corrected chi connectivity index (χ2v) is 7.19. The highest BCUT2D eigenvalue weighted by Crippen LogP contribution is 2.26. The minimum atomic E-state index is -0.444. The van der Waals surface area contributed by atoms with Gasteiger partial charge >= 0.3 is 5.97 Å². The number of hydrogen-bond donors (Lipinski definition) is 1. The van der Waals surface area contributed by atoms with Crippen LogP contribution in [0.15, 0.2) is 64.5 Å². The van der Waals surface area contributed by atoms with Gasteiger partial charge in [-0.25, -0.2) is 4.98 Å². The van der Waals surface area contributed by atoms with Gasteiger partial charge in [0.1, 0.15) is 0 Å². The average molecular weight is 431 g/mol. The molecule has 132 valence electrons. The fraction of sp³-hybridized carbons (Fsp3) is 0.105. The van der Waals surface area contributed by atoms with Crippen molar-refractivity contribution in [1.82, 2.24) is 4.98 Å². The first-order valence-corrected chi connectivity index (χ1v) is 9.48. The second kappa shape index (κ2) is 8.73. The van der Waals surface area contributed by atoms with Gasteiger partial charge in [0.2, 0.25) is 0 Å². The standard InChI is InChI=1S/C19H15BrN2O3S/c20-15-8-4-7-14(10-15)16-12-26-19(21-16)22-17(23)11-25-18(24)9-13-5-2-1-3-6-13/h1-8,10,12H,9,11H2,(H,21,22,23). The summed E-state index contributed by atoms with van der Waals surface area (Å²) in [4.78, 5) is 28.1. The van der Waals surface area contributed by atoms with E-state index < -0.39 is 11.9 Å². The van der Waals surface area contributed by atoms with Gasteiger partial charge in [0, 0.05) is 15.4 Å². The number of nitrogens with one attached hydrogen (secondary N) is 1. The Hall–Kier alpha value is -2.51. The molecule has 0 atom stereocenters. The molecule has 7 heteroatoms. The lowest BCUT2D eigenvalue weighted by Gasteiger charge is -2.05. The minimum absolute atomic E-state index is 0.137. The van der Waals surface area contributed by atoms with Crippen LogP contribution >= 0.6 is 27.3 Å². The molecule has 0 radical (unpaired) electrons. The summed E-state index contributed by atoms with van der Waals surface area (Å²) in [5, 5.41) is 4.97. The Morgan fingerprint density at radius 3 is 2.69 bits per heavy atom. The van der Waals surface area contributed by atoms with Crippen LogP contribution in [-0.2, 0) is 20.7 Å². The Morgan fingerprint density at radius 2 is 1.92 bits per heavy atom. The minimum Gasteiger partial charge on any atom is -0.455 e. The van der Waals surface area contributed by atoms with Gasteiger partial charge in [0.05, 0.1) is 12.1 Å². The number of thiazole rings is 1. The number of carbonyl (C=O) groups is 2. The van der Waals surface area contributed by atoms with E-state index in [1.54, 1.807) is 0 Å². The summed E-state index contributed by atoms with van der Waals surface area (Å²) in [6.45, 7) is -0.336. The van der Waals surface area contributed by atoms with Crippen LogP contribution in [0.1, 0.15) is 5.56 Å². The van der Waals surface area contributed by atoms with Gasteiger partial charge in [0.25, 0.3) is 5.91 Å². The maximum Gasteiger partial charge on any atom is 0.310 e. The van der Waals surface area contributed by atoms with Gasteiger partial charge in [-0.3, -0.25) is 14.9 Å². The highest BCUT2D eigenvalue weighted by molar-refractivity contribution is 9.10. The van der Waals surface area contributed by atoms with Crippen LogP contribution in [0.4, 0.5) is 5.13 Å². The van der Waals surface area contributed by atoms with E-state index in [0.29, 0.717) is 5.13 Å². The van der Waals surface area contributed by atoms with E-state index in [1.165, 1.54) is 11.3 Å². The Balaban J connectivity index is 1.50. The number of rotatable bonds is 6. The van der Waals surface area contributed by atoms with Gasteiger partial charge in [-0.05, 0) is 17.7 Å². The number of hydrogen-bond acceptors (Lipinski definition) is 5. The van der Waals surface area contributed by atoms with Crippen molar-refractivity contribution in [3.63, 3.8) is 0 Å². The molecule has 5 nitrogen and oxygen atoms in total. The third-order valence-corrected chi connectivity index (χ3v) is 4.68. The highest BCUT2D eigenvalue weighted by atomic mass is 79.9. The van der Waals surface area contributed by atoms with E-state index in [9.17, 15) is 9.59 Å². The average Bonchev–Trinajstić information content (AvgIpc) is 3.09. The molecule has 0 unspecified atom stereocenters. The quantitative estimate of drug-likeness (QED) is 0.591. The lowest BCUT2D eigenvalue weighted by molar-refractivity contribution is -0.146. The molecule has 2 aromatic carbocycles. The largest absolute Gasteiger partial charge is 0.455 e. The SMILES string of the molecule is O=C(COC(=O)Cc1ccccc1)Nc1nc(-c2cccc(Br)c2)cs1. The molecule has 3 rings (SSSR count). The molecule has 0 fully saturated rings. The van der Waals surface area contributed by atoms with Crippen LogP contribution in [0.2, 0.25) is 0 Å². The molecule has 0 spiro atoms. The van der Waals surface area contributed by atoms with E-state index in [-0.39, 0.29) is 13.0 Å². The number of esters is 1. The fourth-order valence-corrected chi connectivity index (χ4v) is 3.36. The maximum atomic E-state index is 11.9. The Bertz CT molecular complexity index is 912. The van der Waals surface area contributed by atoms with Crippen LogP contribution in [0.3, 0.4) is 0 Å². The molecule has 0 saturated heterocycles. The van der Waals surface area contributed by atoms with Crippen LogP contribution in [0, 0.1) is 0 Å². The van der Waals surface area contributed by atoms with Crippen LogP contribution < -0.4 is 5.32 Å². The first-order chi connectivity index (χ1) is 12.6. The number of halogens is 1. The van der Waals surface area contributed by atoms with Crippen LogP contribution in [-0.4, -0.2) is 23.5 Å². The zero-order valence-electron chi connectivity index (χ0n) is 13.6. The second-order valence-electron chi connectivity index (χ2n) is 5.42. The van der Waals surface area contributed by atoms with Crippen LogP contribution in [0.5, 0.6) is 0 Å². The molecule has 26 heavy (non-hydrogen) atoms. The molecule has 1 heterocycles. The molecule has 0 saturated carbocycles. The van der Waals surface area contributed by atoms with Crippen molar-refractivity contribution < 1.29 is 14.3 Å². The monoisotopic (exact) mass is 430 g/mol. The van der Waals surface area contributed by atoms with Gasteiger partial charge in [0.15, 0.2) is 11.7 Å². The van der Waals surface area contributed by atoms with E-state index >= 15 is 0 Å².